The van der Waals surface area contributed by atoms with Crippen LogP contribution in [0.2, 0.25) is 0 Å². The number of fused-ring (bicyclic) bond motifs is 2. The zero-order chi connectivity index (χ0) is 44.6. The Morgan fingerprint density at radius 2 is 0.970 bits per heavy atom. The minimum Gasteiger partial charge on any atom is -0.478 e. The predicted molar refractivity (Wildman–Crippen MR) is 262 cm³/mol. The van der Waals surface area contributed by atoms with E-state index in [1.165, 1.54) is 70.0 Å². The van der Waals surface area contributed by atoms with Crippen LogP contribution in [0.4, 0.5) is 11.4 Å². The lowest BCUT2D eigenvalue weighted by Gasteiger charge is -2.20. The third kappa shape index (κ3) is 9.95. The number of hydrogen-bond donors (Lipinski definition) is 5. The van der Waals surface area contributed by atoms with Gasteiger partial charge in [0.25, 0.3) is 17.0 Å². The van der Waals surface area contributed by atoms with E-state index >= 15 is 0 Å². The van der Waals surface area contributed by atoms with E-state index in [-0.39, 0.29) is 49.5 Å². The van der Waals surface area contributed by atoms with Gasteiger partial charge in [0.1, 0.15) is 0 Å². The Balaban J connectivity index is 0.000000155. The van der Waals surface area contributed by atoms with Gasteiger partial charge in [0.05, 0.1) is 57.8 Å². The molecular weight excluding hydrogens is 845 g/mol. The number of carbonyl (C=O) groups is 2. The van der Waals surface area contributed by atoms with Gasteiger partial charge in [-0.2, -0.15) is 20.4 Å². The van der Waals surface area contributed by atoms with Gasteiger partial charge in [-0.25, -0.2) is 14.2 Å². The number of anilines is 2. The molecule has 4 saturated carbocycles. The molecule has 4 aromatic carbocycles. The third-order valence-corrected chi connectivity index (χ3v) is 12.7. The lowest BCUT2D eigenvalue weighted by Crippen LogP contribution is -2.30. The Bertz CT molecular complexity index is 3090. The van der Waals surface area contributed by atoms with Crippen molar-refractivity contribution in [1.29, 1.82) is 0 Å². The van der Waals surface area contributed by atoms with Crippen molar-refractivity contribution in [3.05, 3.63) is 154 Å². The maximum atomic E-state index is 13.4. The molecule has 6 N–H and O–H groups in total. The molecular formula is C52H56N10O5. The van der Waals surface area contributed by atoms with Crippen molar-refractivity contribution >= 4 is 44.8 Å². The molecule has 8 aromatic rings. The fourth-order valence-corrected chi connectivity index (χ4v) is 8.86. The first kappa shape index (κ1) is 45.9. The second-order valence-electron chi connectivity index (χ2n) is 17.6. The summed E-state index contributed by atoms with van der Waals surface area (Å²) in [5.41, 5.74) is 11.6. The van der Waals surface area contributed by atoms with Gasteiger partial charge in [-0.1, -0.05) is 75.5 Å². The van der Waals surface area contributed by atoms with Crippen molar-refractivity contribution in [3.8, 4) is 22.5 Å². The summed E-state index contributed by atoms with van der Waals surface area (Å²) in [4.78, 5) is 48.8. The van der Waals surface area contributed by atoms with Crippen molar-refractivity contribution in [2.75, 3.05) is 11.1 Å². The fraction of sp³-hybridized carbons (Fsp3) is 0.308. The van der Waals surface area contributed by atoms with E-state index in [9.17, 15) is 19.2 Å². The summed E-state index contributed by atoms with van der Waals surface area (Å²) in [6, 6.07) is 31.4. The summed E-state index contributed by atoms with van der Waals surface area (Å²) in [5.74, 6) is 1.21. The normalized spacial score (nSPS) is 15.1. The second kappa shape index (κ2) is 19.4. The van der Waals surface area contributed by atoms with Crippen LogP contribution in [0.25, 0.3) is 44.1 Å². The van der Waals surface area contributed by atoms with Gasteiger partial charge < -0.3 is 16.2 Å². The molecule has 344 valence electrons. The molecule has 4 heterocycles. The third-order valence-electron chi connectivity index (χ3n) is 12.7. The van der Waals surface area contributed by atoms with Crippen molar-refractivity contribution in [2.24, 2.45) is 23.7 Å². The van der Waals surface area contributed by atoms with E-state index in [1.54, 1.807) is 10.9 Å². The molecule has 4 fully saturated rings. The number of nitrogens with one attached hydrogen (secondary N) is 3. The monoisotopic (exact) mass is 900 g/mol. The average Bonchev–Trinajstić information content (AvgIpc) is 4.11. The number of hydrogen-bond acceptors (Lipinski definition) is 9. The highest BCUT2D eigenvalue weighted by Gasteiger charge is 2.45. The van der Waals surface area contributed by atoms with Gasteiger partial charge in [0.2, 0.25) is 0 Å². The van der Waals surface area contributed by atoms with Crippen LogP contribution in [0, 0.1) is 23.7 Å². The highest BCUT2D eigenvalue weighted by atomic mass is 16.4. The van der Waals surface area contributed by atoms with Crippen LogP contribution in [-0.2, 0) is 0 Å². The Kier molecular flexibility index (Phi) is 13.3. The van der Waals surface area contributed by atoms with Crippen LogP contribution in [-0.4, -0.2) is 56.9 Å². The van der Waals surface area contributed by atoms with Crippen LogP contribution >= 0.6 is 0 Å². The summed E-state index contributed by atoms with van der Waals surface area (Å²) < 4.78 is 3.59. The number of amides is 1. The molecule has 15 nitrogen and oxygen atoms in total. The minimum atomic E-state index is -0.959. The Labute approximate surface area is 387 Å². The second-order valence-corrected chi connectivity index (χ2v) is 17.6. The SMILES string of the molecule is C.C.Nc1ccc(-c2nn(C(C3CC3)C3CC3)c(=O)c3ccccc23)cc1.O=C(Nc1ccc(-c2nn(C(C3CC3)C3CC3)c(=O)c3ccccc23)cc1)c1cn[nH]c1.O=C(O)c1cn[nH]c1. The van der Waals surface area contributed by atoms with Crippen LogP contribution in [0.5, 0.6) is 0 Å². The number of nitrogens with two attached hydrogens (primary N) is 1. The number of rotatable bonds is 11. The molecule has 4 aromatic heterocycles. The number of carboxylic acid groups (broad SMARTS) is 1. The molecule has 15 heteroatoms. The number of H-pyrrole nitrogens is 2. The number of nitrogens with zero attached hydrogens (tertiary/aromatic N) is 6. The molecule has 1 amide bonds. The smallest absolute Gasteiger partial charge is 0.338 e. The summed E-state index contributed by atoms with van der Waals surface area (Å²) in [5, 5.41) is 36.4. The quantitative estimate of drug-likeness (QED) is 0.0774. The molecule has 0 aliphatic heterocycles. The lowest BCUT2D eigenvalue weighted by molar-refractivity contribution is 0.0696. The zero-order valence-corrected chi connectivity index (χ0v) is 35.5. The number of nitrogen functional groups attached to an aromatic ring is 1. The topological polar surface area (TPSA) is 220 Å². The molecule has 67 heavy (non-hydrogen) atoms. The highest BCUT2D eigenvalue weighted by molar-refractivity contribution is 6.04. The summed E-state index contributed by atoms with van der Waals surface area (Å²) in [6.45, 7) is 0. The average molecular weight is 901 g/mol. The van der Waals surface area contributed by atoms with E-state index in [4.69, 9.17) is 21.0 Å². The molecule has 0 atom stereocenters. The molecule has 0 bridgehead atoms. The maximum Gasteiger partial charge on any atom is 0.338 e. The number of carbonyl (C=O) groups excluding carboxylic acids is 1. The van der Waals surface area contributed by atoms with Crippen LogP contribution in [0.1, 0.15) is 99.0 Å². The predicted octanol–water partition coefficient (Wildman–Crippen LogP) is 9.79. The van der Waals surface area contributed by atoms with E-state index in [0.29, 0.717) is 40.3 Å². The molecule has 4 aliphatic carbocycles. The summed E-state index contributed by atoms with van der Waals surface area (Å²) in [7, 11) is 0. The van der Waals surface area contributed by atoms with Crippen LogP contribution in [0.15, 0.2) is 131 Å². The largest absolute Gasteiger partial charge is 0.478 e. The molecule has 4 aliphatic rings. The summed E-state index contributed by atoms with van der Waals surface area (Å²) >= 11 is 0. The first-order valence-corrected chi connectivity index (χ1v) is 22.2. The van der Waals surface area contributed by atoms with Crippen LogP contribution in [0.3, 0.4) is 0 Å². The Morgan fingerprint density at radius 3 is 1.33 bits per heavy atom. The van der Waals surface area contributed by atoms with E-state index in [0.717, 1.165) is 44.4 Å². The number of aromatic nitrogens is 8. The standard InChI is InChI=1S/C25H23N5O2.C21H21N3O.C4H4N2O2.2CH4/c31-24(18-13-26-27-14-18)28-19-11-9-15(10-12-19)22-20-3-1-2-4-21(20)25(32)30(29-22)23(16-5-6-16)17-7-8-17;22-16-11-9-13(10-12-16)19-17-3-1-2-4-18(17)21(25)24(23-19)20(14-5-6-14)15-7-8-15;7-4(8)3-1-5-6-2-3;;/h1-4,9-14,16-17,23H,5-8H2,(H,26,27)(H,28,31);1-4,9-12,14-15,20H,5-8,22H2;1-2H,(H,5,6)(H,7,8);2*1H4. The maximum absolute atomic E-state index is 13.4. The fourth-order valence-electron chi connectivity index (χ4n) is 8.86. The first-order valence-electron chi connectivity index (χ1n) is 22.2. The minimum absolute atomic E-state index is 0. The molecule has 0 radical (unpaired) electrons. The zero-order valence-electron chi connectivity index (χ0n) is 35.5. The first-order chi connectivity index (χ1) is 31.7. The van der Waals surface area contributed by atoms with E-state index < -0.39 is 5.97 Å². The number of benzene rings is 4. The molecule has 0 saturated heterocycles. The highest BCUT2D eigenvalue weighted by Crippen LogP contribution is 2.52. The lowest BCUT2D eigenvalue weighted by atomic mass is 10.0. The number of aromatic carboxylic acids is 1. The summed E-state index contributed by atoms with van der Waals surface area (Å²) in [6.07, 6.45) is 15.2. The van der Waals surface area contributed by atoms with Gasteiger partial charge in [-0.3, -0.25) is 24.6 Å². The molecule has 0 unspecified atom stereocenters. The number of carboxylic acids is 1. The van der Waals surface area contributed by atoms with Crippen LogP contribution < -0.4 is 22.2 Å². The Morgan fingerprint density at radius 1 is 0.582 bits per heavy atom. The van der Waals surface area contributed by atoms with Crippen molar-refractivity contribution in [1.82, 2.24) is 40.0 Å². The van der Waals surface area contributed by atoms with Crippen molar-refractivity contribution in [3.63, 3.8) is 0 Å². The van der Waals surface area contributed by atoms with Gasteiger partial charge >= 0.3 is 5.97 Å². The van der Waals surface area contributed by atoms with Crippen molar-refractivity contribution < 1.29 is 14.7 Å². The molecule has 12 rings (SSSR count). The molecule has 0 spiro atoms. The van der Waals surface area contributed by atoms with Gasteiger partial charge in [-0.05, 0) is 111 Å². The van der Waals surface area contributed by atoms with E-state index in [1.807, 2.05) is 102 Å². The van der Waals surface area contributed by atoms with E-state index in [2.05, 4.69) is 25.7 Å². The Hall–Kier alpha value is -7.68. The van der Waals surface area contributed by atoms with Gasteiger partial charge in [0.15, 0.2) is 0 Å². The van der Waals surface area contributed by atoms with Crippen molar-refractivity contribution in [2.45, 2.75) is 78.3 Å². The van der Waals surface area contributed by atoms with Gasteiger partial charge in [-0.15, -0.1) is 0 Å². The number of aromatic amines is 2. The van der Waals surface area contributed by atoms with Gasteiger partial charge in [0, 0.05) is 45.7 Å².